The Morgan fingerprint density at radius 2 is 1.89 bits per heavy atom. The van der Waals surface area contributed by atoms with E-state index in [9.17, 15) is 5.11 Å². The molecule has 1 unspecified atom stereocenters. The smallest absolute Gasteiger partial charge is 0.115 e. The van der Waals surface area contributed by atoms with Gasteiger partial charge in [-0.25, -0.2) is 0 Å². The Kier molecular flexibility index (Phi) is 2.62. The maximum Gasteiger partial charge on any atom is 0.115 e. The van der Waals surface area contributed by atoms with Gasteiger partial charge in [0.05, 0.1) is 0 Å². The molecule has 2 aromatic carbocycles. The van der Waals surface area contributed by atoms with Gasteiger partial charge >= 0.3 is 0 Å². The molecule has 0 spiro atoms. The average Bonchev–Trinajstić information content (AvgIpc) is 2.40. The van der Waals surface area contributed by atoms with E-state index in [1.807, 2.05) is 18.2 Å². The quantitative estimate of drug-likeness (QED) is 0.800. The fourth-order valence-electron chi connectivity index (χ4n) is 2.68. The van der Waals surface area contributed by atoms with Gasteiger partial charge in [-0.2, -0.15) is 0 Å². The Morgan fingerprint density at radius 1 is 1.11 bits per heavy atom. The van der Waals surface area contributed by atoms with Gasteiger partial charge in [-0.1, -0.05) is 43.3 Å². The predicted molar refractivity (Wildman–Crippen MR) is 72.6 cm³/mol. The molecule has 1 nitrogen and oxygen atoms in total. The first-order valence-electron chi connectivity index (χ1n) is 6.33. The standard InChI is InChI=1S/C17H16O/c1-17(15-5-3-2-4-6-15)10-9-13-11-16(18)8-7-14(13)12-17/h2-8,11,18H,9-10H2,1H3. The third-order valence-electron chi connectivity index (χ3n) is 3.80. The number of hydrogen-bond donors (Lipinski definition) is 1. The summed E-state index contributed by atoms with van der Waals surface area (Å²) in [5.41, 5.74) is 3.61. The fourth-order valence-corrected chi connectivity index (χ4v) is 2.68. The van der Waals surface area contributed by atoms with Crippen LogP contribution >= 0.6 is 0 Å². The Balaban J connectivity index is 1.97. The van der Waals surface area contributed by atoms with Crippen molar-refractivity contribution in [1.29, 1.82) is 0 Å². The Hall–Kier alpha value is -1.76. The Morgan fingerprint density at radius 3 is 2.67 bits per heavy atom. The minimum absolute atomic E-state index is 0.0226. The summed E-state index contributed by atoms with van der Waals surface area (Å²) in [6.45, 7) is 2.23. The molecule has 0 amide bonds. The molecular weight excluding hydrogens is 220 g/mol. The van der Waals surface area contributed by atoms with E-state index in [2.05, 4.69) is 37.6 Å². The third-order valence-corrected chi connectivity index (χ3v) is 3.80. The van der Waals surface area contributed by atoms with E-state index in [0.29, 0.717) is 5.75 Å². The lowest BCUT2D eigenvalue weighted by Gasteiger charge is -2.34. The zero-order chi connectivity index (χ0) is 12.6. The number of aryl methyl sites for hydroxylation is 1. The first-order valence-corrected chi connectivity index (χ1v) is 6.33. The normalized spacial score (nSPS) is 22.5. The van der Waals surface area contributed by atoms with Crippen molar-refractivity contribution < 1.29 is 5.11 Å². The monoisotopic (exact) mass is 236 g/mol. The minimum atomic E-state index is -0.0226. The lowest BCUT2D eigenvalue weighted by Crippen LogP contribution is -2.28. The van der Waals surface area contributed by atoms with E-state index in [-0.39, 0.29) is 5.41 Å². The summed E-state index contributed by atoms with van der Waals surface area (Å²) in [7, 11) is 0. The van der Waals surface area contributed by atoms with E-state index < -0.39 is 0 Å². The second kappa shape index (κ2) is 4.16. The molecule has 0 heterocycles. The van der Waals surface area contributed by atoms with E-state index in [1.54, 1.807) is 6.07 Å². The largest absolute Gasteiger partial charge is 0.508 e. The lowest BCUT2D eigenvalue weighted by molar-refractivity contribution is 0.466. The predicted octanol–water partition coefficient (Wildman–Crippen LogP) is 3.73. The zero-order valence-electron chi connectivity index (χ0n) is 10.5. The maximum absolute atomic E-state index is 9.51. The van der Waals surface area contributed by atoms with Crippen molar-refractivity contribution in [3.8, 4) is 5.75 Å². The van der Waals surface area contributed by atoms with E-state index in [4.69, 9.17) is 0 Å². The highest BCUT2D eigenvalue weighted by Crippen LogP contribution is 2.40. The molecule has 0 aromatic heterocycles. The van der Waals surface area contributed by atoms with Crippen molar-refractivity contribution in [3.63, 3.8) is 0 Å². The highest BCUT2D eigenvalue weighted by molar-refractivity contribution is 5.46. The topological polar surface area (TPSA) is 20.2 Å². The van der Waals surface area contributed by atoms with Crippen LogP contribution in [0.2, 0.25) is 0 Å². The number of phenols is 1. The van der Waals surface area contributed by atoms with Crippen LogP contribution in [0.3, 0.4) is 0 Å². The number of benzene rings is 2. The second-order valence-corrected chi connectivity index (χ2v) is 5.16. The summed E-state index contributed by atoms with van der Waals surface area (Å²) in [5.74, 6) is 0.346. The summed E-state index contributed by atoms with van der Waals surface area (Å²) in [6.07, 6.45) is 5.63. The van der Waals surface area contributed by atoms with Crippen molar-refractivity contribution in [1.82, 2.24) is 0 Å². The fraction of sp³-hybridized carbons (Fsp3) is 0.235. The van der Waals surface area contributed by atoms with Crippen LogP contribution in [0.4, 0.5) is 0 Å². The molecule has 90 valence electrons. The van der Waals surface area contributed by atoms with Gasteiger partial charge in [-0.15, -0.1) is 0 Å². The highest BCUT2D eigenvalue weighted by Gasteiger charge is 2.32. The van der Waals surface area contributed by atoms with Gasteiger partial charge in [-0.05, 0) is 41.7 Å². The van der Waals surface area contributed by atoms with Crippen LogP contribution in [0.25, 0.3) is 0 Å². The molecule has 1 N–H and O–H groups in total. The lowest BCUT2D eigenvalue weighted by atomic mass is 9.69. The van der Waals surface area contributed by atoms with Crippen LogP contribution in [0.15, 0.2) is 48.5 Å². The molecule has 0 bridgehead atoms. The van der Waals surface area contributed by atoms with Gasteiger partial charge in [0.2, 0.25) is 0 Å². The highest BCUT2D eigenvalue weighted by atomic mass is 16.3. The first kappa shape index (κ1) is 11.3. The van der Waals surface area contributed by atoms with E-state index in [0.717, 1.165) is 18.4 Å². The van der Waals surface area contributed by atoms with E-state index >= 15 is 0 Å². The molecular formula is C17H16O. The zero-order valence-corrected chi connectivity index (χ0v) is 10.5. The van der Waals surface area contributed by atoms with Crippen molar-refractivity contribution >= 4 is 0 Å². The molecule has 3 rings (SSSR count). The average molecular weight is 236 g/mol. The number of rotatable bonds is 1. The molecule has 2 aromatic rings. The maximum atomic E-state index is 9.51. The van der Waals surface area contributed by atoms with Crippen molar-refractivity contribution in [2.24, 2.45) is 0 Å². The minimum Gasteiger partial charge on any atom is -0.508 e. The number of aromatic hydroxyl groups is 1. The van der Waals surface area contributed by atoms with Crippen molar-refractivity contribution in [3.05, 3.63) is 71.6 Å². The first-order chi connectivity index (χ1) is 8.67. The third kappa shape index (κ3) is 1.90. The molecule has 0 aliphatic heterocycles. The number of fused-ring (bicyclic) bond motifs is 1. The van der Waals surface area contributed by atoms with Gasteiger partial charge in [0.1, 0.15) is 5.75 Å². The van der Waals surface area contributed by atoms with Gasteiger partial charge < -0.3 is 5.11 Å². The van der Waals surface area contributed by atoms with Crippen LogP contribution in [-0.2, 0) is 11.8 Å². The van der Waals surface area contributed by atoms with Crippen LogP contribution in [0.1, 0.15) is 30.0 Å². The van der Waals surface area contributed by atoms with Crippen LogP contribution in [-0.4, -0.2) is 5.11 Å². The summed E-state index contributed by atoms with van der Waals surface area (Å²) in [5, 5.41) is 9.51. The van der Waals surface area contributed by atoms with Gasteiger partial charge in [0.15, 0.2) is 0 Å². The molecule has 1 aliphatic carbocycles. The Bertz CT molecular complexity index is 559. The van der Waals surface area contributed by atoms with Crippen molar-refractivity contribution in [2.75, 3.05) is 0 Å². The van der Waals surface area contributed by atoms with Gasteiger partial charge in [0, 0.05) is 11.8 Å². The molecule has 0 saturated carbocycles. The SMILES string of the molecule is CC1(c2ccccc2)[C]c2ccc(O)cc2CC1. The van der Waals surface area contributed by atoms with Crippen molar-refractivity contribution in [2.45, 2.75) is 25.2 Å². The summed E-state index contributed by atoms with van der Waals surface area (Å²) in [6, 6.07) is 16.1. The molecule has 0 fully saturated rings. The molecule has 2 radical (unpaired) electrons. The second-order valence-electron chi connectivity index (χ2n) is 5.16. The van der Waals surface area contributed by atoms with Crippen LogP contribution in [0, 0.1) is 6.42 Å². The van der Waals surface area contributed by atoms with Gasteiger partial charge in [-0.3, -0.25) is 0 Å². The number of phenolic OH excluding ortho intramolecular Hbond substituents is 1. The van der Waals surface area contributed by atoms with E-state index in [1.165, 1.54) is 11.1 Å². The number of hydrogen-bond acceptors (Lipinski definition) is 1. The molecule has 18 heavy (non-hydrogen) atoms. The molecule has 1 atom stereocenters. The molecule has 1 aliphatic rings. The Labute approximate surface area is 108 Å². The summed E-state index contributed by atoms with van der Waals surface area (Å²) < 4.78 is 0. The summed E-state index contributed by atoms with van der Waals surface area (Å²) >= 11 is 0. The molecule has 1 heteroatoms. The summed E-state index contributed by atoms with van der Waals surface area (Å²) in [4.78, 5) is 0. The molecule has 0 saturated heterocycles. The van der Waals surface area contributed by atoms with Crippen LogP contribution < -0.4 is 0 Å². The van der Waals surface area contributed by atoms with Gasteiger partial charge in [0.25, 0.3) is 0 Å². The van der Waals surface area contributed by atoms with Crippen LogP contribution in [0.5, 0.6) is 5.75 Å².